The number of hydrogen-bond donors (Lipinski definition) is 1. The quantitative estimate of drug-likeness (QED) is 0.513. The van der Waals surface area contributed by atoms with Crippen LogP contribution in [0.25, 0.3) is 0 Å². The molecule has 2 aliphatic rings. The third kappa shape index (κ3) is 3.85. The Morgan fingerprint density at radius 1 is 0.914 bits per heavy atom. The first-order valence-electron chi connectivity index (χ1n) is 11.5. The number of fused-ring (bicyclic) bond motifs is 1. The van der Waals surface area contributed by atoms with Crippen LogP contribution in [0.15, 0.2) is 72.8 Å². The Morgan fingerprint density at radius 3 is 2.34 bits per heavy atom. The second-order valence-corrected chi connectivity index (χ2v) is 8.41. The molecule has 0 spiro atoms. The highest BCUT2D eigenvalue weighted by molar-refractivity contribution is 6.24. The van der Waals surface area contributed by atoms with Crippen LogP contribution in [0.4, 0.5) is 11.4 Å². The van der Waals surface area contributed by atoms with Crippen LogP contribution in [0.3, 0.4) is 0 Å². The first kappa shape index (κ1) is 22.7. The number of hydrogen-bond acceptors (Lipinski definition) is 7. The lowest BCUT2D eigenvalue weighted by atomic mass is 9.90. The van der Waals surface area contributed by atoms with Crippen molar-refractivity contribution in [2.75, 3.05) is 23.7 Å². The van der Waals surface area contributed by atoms with Gasteiger partial charge in [0.05, 0.1) is 25.1 Å². The maximum atomic E-state index is 13.7. The van der Waals surface area contributed by atoms with Gasteiger partial charge in [0.15, 0.2) is 17.6 Å². The van der Waals surface area contributed by atoms with Crippen LogP contribution in [0.1, 0.15) is 24.9 Å². The topological polar surface area (TPSA) is 88.5 Å². The van der Waals surface area contributed by atoms with Gasteiger partial charge in [-0.1, -0.05) is 37.3 Å². The molecule has 3 aromatic carbocycles. The highest BCUT2D eigenvalue weighted by Crippen LogP contribution is 2.50. The molecule has 8 nitrogen and oxygen atoms in total. The summed E-state index contributed by atoms with van der Waals surface area (Å²) in [6, 6.07) is 20.4. The van der Waals surface area contributed by atoms with Crippen LogP contribution >= 0.6 is 0 Å². The summed E-state index contributed by atoms with van der Waals surface area (Å²) in [4.78, 5) is 34.5. The summed E-state index contributed by atoms with van der Waals surface area (Å²) in [5, 5.41) is 12.5. The molecule has 1 N–H and O–H groups in total. The smallest absolute Gasteiger partial charge is 0.266 e. The number of benzene rings is 3. The Kier molecular flexibility index (Phi) is 6.05. The molecule has 180 valence electrons. The second kappa shape index (κ2) is 9.31. The lowest BCUT2D eigenvalue weighted by Crippen LogP contribution is -2.37. The fourth-order valence-corrected chi connectivity index (χ4v) is 4.64. The van der Waals surface area contributed by atoms with Crippen molar-refractivity contribution in [2.45, 2.75) is 25.5 Å². The number of carbonyl (C=O) groups is 2. The summed E-state index contributed by atoms with van der Waals surface area (Å²) in [7, 11) is 1.46. The predicted molar refractivity (Wildman–Crippen MR) is 129 cm³/mol. The summed E-state index contributed by atoms with van der Waals surface area (Å²) in [5.74, 6) is -0.866. The molecule has 0 radical (unpaired) electrons. The first-order chi connectivity index (χ1) is 17.0. The molecule has 2 fully saturated rings. The molecule has 0 bridgehead atoms. The zero-order valence-electron chi connectivity index (χ0n) is 19.5. The van der Waals surface area contributed by atoms with Crippen LogP contribution in [0.2, 0.25) is 0 Å². The zero-order chi connectivity index (χ0) is 24.5. The SMILES string of the molecule is CCCOc1ccc(N2C(=O)[C@@H]3[C@H](ON(c4ccccc4)[C@@H]3c3cccc(OC)c3O)C2=O)cc1. The number of carbonyl (C=O) groups excluding carboxylic acids is 2. The van der Waals surface area contributed by atoms with E-state index >= 15 is 0 Å². The molecule has 2 heterocycles. The lowest BCUT2D eigenvalue weighted by molar-refractivity contribution is -0.126. The Labute approximate surface area is 203 Å². The minimum atomic E-state index is -1.03. The molecule has 0 saturated carbocycles. The number of para-hydroxylation sites is 2. The van der Waals surface area contributed by atoms with Crippen molar-refractivity contribution in [1.82, 2.24) is 0 Å². The highest BCUT2D eigenvalue weighted by Gasteiger charge is 2.60. The molecule has 5 rings (SSSR count). The molecular formula is C27H26N2O6. The number of rotatable bonds is 7. The van der Waals surface area contributed by atoms with Crippen molar-refractivity contribution in [1.29, 1.82) is 0 Å². The average molecular weight is 475 g/mol. The number of hydroxylamine groups is 1. The number of methoxy groups -OCH3 is 1. The van der Waals surface area contributed by atoms with Gasteiger partial charge in [-0.15, -0.1) is 0 Å². The maximum Gasteiger partial charge on any atom is 0.266 e. The Bertz CT molecular complexity index is 1230. The van der Waals surface area contributed by atoms with Gasteiger partial charge in [-0.3, -0.25) is 14.4 Å². The number of ether oxygens (including phenoxy) is 2. The van der Waals surface area contributed by atoms with Crippen LogP contribution < -0.4 is 19.4 Å². The minimum absolute atomic E-state index is 0.0960. The lowest BCUT2D eigenvalue weighted by Gasteiger charge is -2.29. The van der Waals surface area contributed by atoms with Crippen molar-refractivity contribution in [3.05, 3.63) is 78.4 Å². The van der Waals surface area contributed by atoms with E-state index in [4.69, 9.17) is 14.3 Å². The van der Waals surface area contributed by atoms with Gasteiger partial charge in [-0.2, -0.15) is 0 Å². The third-order valence-corrected chi connectivity index (χ3v) is 6.26. The van der Waals surface area contributed by atoms with Gasteiger partial charge < -0.3 is 14.6 Å². The predicted octanol–water partition coefficient (Wildman–Crippen LogP) is 4.24. The van der Waals surface area contributed by atoms with Gasteiger partial charge in [-0.05, 0) is 48.9 Å². The first-order valence-corrected chi connectivity index (χ1v) is 11.5. The molecule has 0 aromatic heterocycles. The number of phenols is 1. The number of amides is 2. The molecule has 2 aliphatic heterocycles. The van der Waals surface area contributed by atoms with Gasteiger partial charge in [0.1, 0.15) is 17.7 Å². The average Bonchev–Trinajstić information content (AvgIpc) is 3.39. The Morgan fingerprint density at radius 2 is 1.66 bits per heavy atom. The van der Waals surface area contributed by atoms with Crippen molar-refractivity contribution in [3.63, 3.8) is 0 Å². The monoisotopic (exact) mass is 474 g/mol. The van der Waals surface area contributed by atoms with Gasteiger partial charge in [-0.25, -0.2) is 9.96 Å². The van der Waals surface area contributed by atoms with Crippen molar-refractivity contribution < 1.29 is 29.0 Å². The zero-order valence-corrected chi connectivity index (χ0v) is 19.5. The van der Waals surface area contributed by atoms with Crippen LogP contribution in [0, 0.1) is 5.92 Å². The Balaban J connectivity index is 1.54. The van der Waals surface area contributed by atoms with E-state index in [9.17, 15) is 14.7 Å². The number of aromatic hydroxyl groups is 1. The van der Waals surface area contributed by atoms with Gasteiger partial charge in [0.2, 0.25) is 5.91 Å². The fraction of sp³-hybridized carbons (Fsp3) is 0.259. The van der Waals surface area contributed by atoms with Crippen molar-refractivity contribution in [2.24, 2.45) is 5.92 Å². The fourth-order valence-electron chi connectivity index (χ4n) is 4.64. The number of anilines is 2. The molecule has 35 heavy (non-hydrogen) atoms. The molecule has 2 amide bonds. The number of phenolic OH excluding ortho intramolecular Hbond substituents is 1. The van der Waals surface area contributed by atoms with Crippen LogP contribution in [0.5, 0.6) is 17.2 Å². The van der Waals surface area contributed by atoms with Gasteiger partial charge in [0, 0.05) is 5.56 Å². The van der Waals surface area contributed by atoms with E-state index in [1.165, 1.54) is 7.11 Å². The second-order valence-electron chi connectivity index (χ2n) is 8.41. The molecule has 8 heteroatoms. The van der Waals surface area contributed by atoms with E-state index < -0.39 is 29.9 Å². The molecule has 2 saturated heterocycles. The van der Waals surface area contributed by atoms with Crippen LogP contribution in [-0.4, -0.2) is 36.7 Å². The molecule has 3 aromatic rings. The van der Waals surface area contributed by atoms with E-state index in [0.29, 0.717) is 29.3 Å². The van der Waals surface area contributed by atoms with E-state index in [0.717, 1.165) is 11.3 Å². The molecule has 0 unspecified atom stereocenters. The van der Waals surface area contributed by atoms with E-state index in [-0.39, 0.29) is 11.5 Å². The van der Waals surface area contributed by atoms with Crippen molar-refractivity contribution in [3.8, 4) is 17.2 Å². The summed E-state index contributed by atoms with van der Waals surface area (Å²) in [5.41, 5.74) is 1.55. The van der Waals surface area contributed by atoms with Gasteiger partial charge in [0.25, 0.3) is 5.91 Å². The summed E-state index contributed by atoms with van der Waals surface area (Å²) in [6.07, 6.45) is -0.156. The summed E-state index contributed by atoms with van der Waals surface area (Å²) >= 11 is 0. The molecule has 0 aliphatic carbocycles. The van der Waals surface area contributed by atoms with E-state index in [2.05, 4.69) is 0 Å². The van der Waals surface area contributed by atoms with E-state index in [1.807, 2.05) is 37.3 Å². The standard InChI is InChI=1S/C27H26N2O6/c1-3-16-34-19-14-12-17(13-15-19)28-26(31)22-23(20-10-7-11-21(33-2)24(20)30)29(35-25(22)27(28)32)18-8-5-4-6-9-18/h4-15,22-23,25,30H,3,16H2,1-2H3/t22-,23+,25-/m0/s1. The van der Waals surface area contributed by atoms with Gasteiger partial charge >= 0.3 is 0 Å². The molecular weight excluding hydrogens is 448 g/mol. The summed E-state index contributed by atoms with van der Waals surface area (Å²) < 4.78 is 10.9. The van der Waals surface area contributed by atoms with Crippen LogP contribution in [-0.2, 0) is 14.4 Å². The third-order valence-electron chi connectivity index (χ3n) is 6.26. The number of nitrogens with zero attached hydrogens (tertiary/aromatic N) is 2. The summed E-state index contributed by atoms with van der Waals surface area (Å²) in [6.45, 7) is 2.60. The number of imide groups is 1. The maximum absolute atomic E-state index is 13.7. The minimum Gasteiger partial charge on any atom is -0.504 e. The Hall–Kier alpha value is -4.04. The van der Waals surface area contributed by atoms with E-state index in [1.54, 1.807) is 47.5 Å². The molecule has 3 atom stereocenters. The largest absolute Gasteiger partial charge is 0.504 e. The highest BCUT2D eigenvalue weighted by atomic mass is 16.7. The van der Waals surface area contributed by atoms with Crippen molar-refractivity contribution >= 4 is 23.2 Å². The normalized spacial score (nSPS) is 21.4.